The Morgan fingerprint density at radius 2 is 1.94 bits per heavy atom. The number of halogens is 1. The van der Waals surface area contributed by atoms with Gasteiger partial charge in [0.15, 0.2) is 24.1 Å². The summed E-state index contributed by atoms with van der Waals surface area (Å²) in [6, 6.07) is 0. The van der Waals surface area contributed by atoms with Crippen LogP contribution in [0.5, 0.6) is 0 Å². The molecule has 1 saturated heterocycles. The maximum absolute atomic E-state index is 13.7. The number of hydrogen-bond donors (Lipinski definition) is 2. The van der Waals surface area contributed by atoms with Crippen LogP contribution in [-0.4, -0.2) is 67.0 Å². The van der Waals surface area contributed by atoms with E-state index in [0.717, 1.165) is 41.4 Å². The second kappa shape index (κ2) is 23.0. The van der Waals surface area contributed by atoms with Gasteiger partial charge in [-0.15, -0.1) is 0 Å². The van der Waals surface area contributed by atoms with Gasteiger partial charge in [-0.25, -0.2) is 9.37 Å². The van der Waals surface area contributed by atoms with Gasteiger partial charge in [0.25, 0.3) is 0 Å². The first kappa shape index (κ1) is 41.7. The molecule has 266 valence electrons. The van der Waals surface area contributed by atoms with Crippen molar-refractivity contribution in [1.29, 1.82) is 0 Å². The maximum Gasteiger partial charge on any atom is 0.189 e. The van der Waals surface area contributed by atoms with Crippen molar-refractivity contribution in [3.8, 4) is 0 Å². The summed E-state index contributed by atoms with van der Waals surface area (Å²) in [4.78, 5) is 9.16. The molecule has 47 heavy (non-hydrogen) atoms. The van der Waals surface area contributed by atoms with Crippen LogP contribution >= 0.6 is 0 Å². The number of aliphatic imine (C=N–C) groups is 1. The molecule has 0 amide bonds. The zero-order valence-corrected chi connectivity index (χ0v) is 30.9. The van der Waals surface area contributed by atoms with E-state index in [4.69, 9.17) is 23.9 Å². The number of ether oxygens (including phenoxy) is 4. The fraction of sp³-hybridized carbons (Fsp3) is 0.622. The van der Waals surface area contributed by atoms with Gasteiger partial charge in [-0.05, 0) is 56.9 Å². The van der Waals surface area contributed by atoms with Crippen molar-refractivity contribution in [3.63, 3.8) is 0 Å². The number of methoxy groups -OCH3 is 1. The van der Waals surface area contributed by atoms with Crippen molar-refractivity contribution in [2.45, 2.75) is 113 Å². The molecule has 0 saturated carbocycles. The number of hydrogen-bond acceptors (Lipinski definition) is 8. The summed E-state index contributed by atoms with van der Waals surface area (Å²) in [6.45, 7) is 22.1. The first-order chi connectivity index (χ1) is 22.8. The number of rotatable bonds is 12. The van der Waals surface area contributed by atoms with E-state index >= 15 is 0 Å². The predicted octanol–water partition coefficient (Wildman–Crippen LogP) is 8.23. The number of allylic oxidation sites excluding steroid dienone is 7. The molecule has 4 rings (SSSR count). The lowest BCUT2D eigenvalue weighted by molar-refractivity contribution is 0.0554. The molecule has 3 heterocycles. The summed E-state index contributed by atoms with van der Waals surface area (Å²) in [6.07, 6.45) is 16.9. The van der Waals surface area contributed by atoms with E-state index in [1.807, 2.05) is 72.2 Å². The third-order valence-corrected chi connectivity index (χ3v) is 7.34. The Balaban J connectivity index is 0.00000174. The van der Waals surface area contributed by atoms with Crippen LogP contribution in [0.2, 0.25) is 0 Å². The fourth-order valence-electron chi connectivity index (χ4n) is 4.91. The summed E-state index contributed by atoms with van der Waals surface area (Å²) in [5.74, 6) is 2.41. The molecule has 1 aromatic rings. The van der Waals surface area contributed by atoms with E-state index in [-0.39, 0.29) is 18.8 Å². The third-order valence-electron chi connectivity index (χ3n) is 7.34. The lowest BCUT2D eigenvalue weighted by Crippen LogP contribution is -2.59. The molecule has 4 unspecified atom stereocenters. The second-order valence-electron chi connectivity index (χ2n) is 10.7. The van der Waals surface area contributed by atoms with Gasteiger partial charge in [0, 0.05) is 31.8 Å². The third kappa shape index (κ3) is 13.3. The van der Waals surface area contributed by atoms with Crippen LogP contribution in [0.4, 0.5) is 4.39 Å². The molecular formula is C37H62FN5O4. The molecule has 2 aliphatic heterocycles. The molecule has 9 nitrogen and oxygen atoms in total. The Morgan fingerprint density at radius 3 is 2.51 bits per heavy atom. The first-order valence-electron chi connectivity index (χ1n) is 17.5. The average Bonchev–Trinajstić information content (AvgIpc) is 3.74. The number of alkyl halides is 1. The van der Waals surface area contributed by atoms with Gasteiger partial charge in [-0.1, -0.05) is 67.5 Å². The summed E-state index contributed by atoms with van der Waals surface area (Å²) < 4.78 is 38.6. The molecule has 0 spiro atoms. The molecule has 4 atom stereocenters. The van der Waals surface area contributed by atoms with Gasteiger partial charge in [-0.3, -0.25) is 4.99 Å². The Labute approximate surface area is 284 Å². The number of imidazole rings is 1. The smallest absolute Gasteiger partial charge is 0.189 e. The number of nitrogens with one attached hydrogen (secondary N) is 2. The minimum atomic E-state index is -0.941. The highest BCUT2D eigenvalue weighted by molar-refractivity contribution is 5.97. The van der Waals surface area contributed by atoms with Crippen molar-refractivity contribution < 1.29 is 23.3 Å². The minimum Gasteiger partial charge on any atom is -0.488 e. The molecule has 3 aliphatic rings. The van der Waals surface area contributed by atoms with Crippen LogP contribution in [-0.2, 0) is 18.9 Å². The highest BCUT2D eigenvalue weighted by atomic mass is 19.1. The zero-order chi connectivity index (χ0) is 35.2. The summed E-state index contributed by atoms with van der Waals surface area (Å²) in [7, 11) is 1.69. The van der Waals surface area contributed by atoms with E-state index < -0.39 is 11.8 Å². The Kier molecular flexibility index (Phi) is 20.4. The van der Waals surface area contributed by atoms with Crippen molar-refractivity contribution >= 4 is 11.5 Å². The minimum absolute atomic E-state index is 0.124. The van der Waals surface area contributed by atoms with Crippen LogP contribution in [0, 0.1) is 12.8 Å². The Bertz CT molecular complexity index is 1220. The van der Waals surface area contributed by atoms with E-state index in [9.17, 15) is 4.39 Å². The largest absolute Gasteiger partial charge is 0.488 e. The summed E-state index contributed by atoms with van der Waals surface area (Å²) in [5.41, 5.74) is 2.19. The first-order valence-corrected chi connectivity index (χ1v) is 17.5. The highest BCUT2D eigenvalue weighted by Crippen LogP contribution is 2.26. The number of amidine groups is 1. The second-order valence-corrected chi connectivity index (χ2v) is 10.7. The standard InChI is InChI=1S/C31H44FN5O4.3C2H6/c1-6-31(14-16-38-5,35-26-12-10-25(32)11-13-26)36-30-28(39-17-15-33-30)18-22(2)8-7-9-27(29-24(4)40-21-41-29)37-19-23(3)34-20-37;3*1-2/h7,9-10,12-13,18-20,22,24-25,35H,6,8,11,14-17,21H2,1-5H3,(H,33,36);3*1-2H3/b9-7?,28-18-,29-27-;;;. The Morgan fingerprint density at radius 1 is 1.19 bits per heavy atom. The highest BCUT2D eigenvalue weighted by Gasteiger charge is 2.32. The lowest BCUT2D eigenvalue weighted by Gasteiger charge is -2.39. The number of aryl methyl sites for hydroxylation is 1. The molecule has 2 N–H and O–H groups in total. The molecule has 0 radical (unpaired) electrons. The van der Waals surface area contributed by atoms with Gasteiger partial charge in [0.1, 0.15) is 24.5 Å². The SMILES string of the molecule is CC.CC.CC.CCC(CCOC)(NC1=CCC(F)C=C1)NC1=NCCO/C1=C\C(C)CC=C/C(=C1/OCOC1C)n1cnc(C)c1. The van der Waals surface area contributed by atoms with Gasteiger partial charge < -0.3 is 34.1 Å². The van der Waals surface area contributed by atoms with Gasteiger partial charge in [0.2, 0.25) is 0 Å². The van der Waals surface area contributed by atoms with Crippen molar-refractivity contribution in [2.75, 3.05) is 33.7 Å². The van der Waals surface area contributed by atoms with Gasteiger partial charge in [0.05, 0.1) is 30.9 Å². The van der Waals surface area contributed by atoms with E-state index in [2.05, 4.69) is 47.7 Å². The average molecular weight is 660 g/mol. The van der Waals surface area contributed by atoms with Crippen LogP contribution in [0.15, 0.2) is 71.2 Å². The predicted molar refractivity (Wildman–Crippen MR) is 193 cm³/mol. The Hall–Kier alpha value is -3.37. The summed E-state index contributed by atoms with van der Waals surface area (Å²) >= 11 is 0. The molecule has 0 aromatic carbocycles. The molecular weight excluding hydrogens is 597 g/mol. The topological polar surface area (TPSA) is 91.2 Å². The van der Waals surface area contributed by atoms with Gasteiger partial charge in [-0.2, -0.15) is 0 Å². The van der Waals surface area contributed by atoms with Crippen LogP contribution < -0.4 is 10.6 Å². The van der Waals surface area contributed by atoms with Crippen LogP contribution in [0.1, 0.15) is 93.7 Å². The maximum atomic E-state index is 13.7. The molecule has 10 heteroatoms. The quantitative estimate of drug-likeness (QED) is 0.219. The lowest BCUT2D eigenvalue weighted by atomic mass is 9.99. The van der Waals surface area contributed by atoms with Crippen LogP contribution in [0.25, 0.3) is 5.70 Å². The van der Waals surface area contributed by atoms with Gasteiger partial charge >= 0.3 is 0 Å². The normalized spacial score (nSPS) is 22.4. The number of nitrogens with zero attached hydrogens (tertiary/aromatic N) is 3. The van der Waals surface area contributed by atoms with E-state index in [1.165, 1.54) is 0 Å². The van der Waals surface area contributed by atoms with E-state index in [1.54, 1.807) is 25.6 Å². The van der Waals surface area contributed by atoms with Crippen molar-refractivity contribution in [1.82, 2.24) is 20.2 Å². The molecule has 1 aromatic heterocycles. The number of aromatic nitrogens is 2. The fourth-order valence-corrected chi connectivity index (χ4v) is 4.91. The van der Waals surface area contributed by atoms with Crippen molar-refractivity contribution in [3.05, 3.63) is 71.9 Å². The zero-order valence-electron chi connectivity index (χ0n) is 30.9. The van der Waals surface area contributed by atoms with Crippen molar-refractivity contribution in [2.24, 2.45) is 10.9 Å². The molecule has 1 fully saturated rings. The summed E-state index contributed by atoms with van der Waals surface area (Å²) in [5, 5.41) is 7.24. The molecule has 0 bridgehead atoms. The molecule has 1 aliphatic carbocycles. The van der Waals surface area contributed by atoms with Crippen LogP contribution in [0.3, 0.4) is 0 Å². The monoisotopic (exact) mass is 659 g/mol. The van der Waals surface area contributed by atoms with E-state index in [0.29, 0.717) is 38.4 Å².